The Kier molecular flexibility index (Phi) is 8.01. The van der Waals surface area contributed by atoms with Crippen molar-refractivity contribution in [1.29, 1.82) is 0 Å². The first-order chi connectivity index (χ1) is 17.0. The number of carbonyl (C=O) groups excluding carboxylic acids is 2. The van der Waals surface area contributed by atoms with Crippen LogP contribution in [0.2, 0.25) is 0 Å². The van der Waals surface area contributed by atoms with E-state index in [0.29, 0.717) is 37.2 Å². The Morgan fingerprint density at radius 3 is 2.43 bits per heavy atom. The lowest BCUT2D eigenvalue weighted by Gasteiger charge is -2.31. The zero-order valence-electron chi connectivity index (χ0n) is 21.1. The molecule has 0 unspecified atom stereocenters. The maximum Gasteiger partial charge on any atom is 0.257 e. The van der Waals surface area contributed by atoms with Gasteiger partial charge in [0.2, 0.25) is 5.91 Å². The molecule has 0 saturated carbocycles. The minimum atomic E-state index is -0.0257. The van der Waals surface area contributed by atoms with Crippen LogP contribution in [0.4, 0.5) is 0 Å². The minimum absolute atomic E-state index is 0.0214. The zero-order chi connectivity index (χ0) is 24.8. The van der Waals surface area contributed by atoms with Crippen LogP contribution >= 0.6 is 0 Å². The summed E-state index contributed by atoms with van der Waals surface area (Å²) in [5.41, 5.74) is 5.51. The Balaban J connectivity index is 1.52. The summed E-state index contributed by atoms with van der Waals surface area (Å²) in [6.07, 6.45) is 6.52. The van der Waals surface area contributed by atoms with Crippen molar-refractivity contribution in [3.05, 3.63) is 71.4 Å². The van der Waals surface area contributed by atoms with Gasteiger partial charge in [-0.05, 0) is 62.4 Å². The smallest absolute Gasteiger partial charge is 0.257 e. The molecule has 0 aliphatic carbocycles. The lowest BCUT2D eigenvalue weighted by molar-refractivity contribution is -0.126. The highest BCUT2D eigenvalue weighted by atomic mass is 16.2. The molecule has 6 nitrogen and oxygen atoms in total. The summed E-state index contributed by atoms with van der Waals surface area (Å²) in [5, 5.41) is 7.90. The molecule has 3 aromatic rings. The third-order valence-corrected chi connectivity index (χ3v) is 6.98. The minimum Gasteiger partial charge on any atom is -0.356 e. The van der Waals surface area contributed by atoms with Crippen LogP contribution in [0.1, 0.15) is 60.5 Å². The standard InChI is InChI=1S/C29H36N4O2/c1-4-5-9-16-30-28(34)23-14-17-32(18-15-23)29(35)26-20-33(25-10-7-6-8-11-25)31-27(26)24-13-12-21(2)22(3)19-24/h6-8,10-13,19-20,23H,4-5,9,14-18H2,1-3H3,(H,30,34). The average Bonchev–Trinajstić information content (AvgIpc) is 3.34. The van der Waals surface area contributed by atoms with Gasteiger partial charge in [-0.25, -0.2) is 4.68 Å². The highest BCUT2D eigenvalue weighted by molar-refractivity contribution is 6.00. The molecular weight excluding hydrogens is 436 g/mol. The van der Waals surface area contributed by atoms with Gasteiger partial charge in [0, 0.05) is 37.3 Å². The topological polar surface area (TPSA) is 67.2 Å². The molecule has 1 aliphatic heterocycles. The summed E-state index contributed by atoms with van der Waals surface area (Å²) in [4.78, 5) is 28.1. The van der Waals surface area contributed by atoms with E-state index < -0.39 is 0 Å². The largest absolute Gasteiger partial charge is 0.356 e. The third-order valence-electron chi connectivity index (χ3n) is 6.98. The van der Waals surface area contributed by atoms with Crippen LogP contribution in [-0.2, 0) is 4.79 Å². The lowest BCUT2D eigenvalue weighted by atomic mass is 9.95. The summed E-state index contributed by atoms with van der Waals surface area (Å²) in [6.45, 7) is 8.21. The summed E-state index contributed by atoms with van der Waals surface area (Å²) in [7, 11) is 0. The predicted molar refractivity (Wildman–Crippen MR) is 140 cm³/mol. The number of hydrogen-bond donors (Lipinski definition) is 1. The number of nitrogens with zero attached hydrogens (tertiary/aromatic N) is 3. The Morgan fingerprint density at radius 2 is 1.74 bits per heavy atom. The van der Waals surface area contributed by atoms with Crippen molar-refractivity contribution in [2.45, 2.75) is 52.9 Å². The molecule has 2 amide bonds. The summed E-state index contributed by atoms with van der Waals surface area (Å²) in [5.74, 6) is 0.0788. The second kappa shape index (κ2) is 11.3. The number of hydrogen-bond acceptors (Lipinski definition) is 3. The number of aromatic nitrogens is 2. The number of benzene rings is 2. The second-order valence-electron chi connectivity index (χ2n) is 9.54. The monoisotopic (exact) mass is 472 g/mol. The number of likely N-dealkylation sites (tertiary alicyclic amines) is 1. The number of para-hydroxylation sites is 1. The third kappa shape index (κ3) is 5.81. The van der Waals surface area contributed by atoms with E-state index in [2.05, 4.69) is 38.2 Å². The van der Waals surface area contributed by atoms with Gasteiger partial charge in [-0.1, -0.05) is 50.1 Å². The van der Waals surface area contributed by atoms with Crippen LogP contribution in [0, 0.1) is 19.8 Å². The molecular formula is C29H36N4O2. The van der Waals surface area contributed by atoms with Crippen molar-refractivity contribution in [1.82, 2.24) is 20.0 Å². The Labute approximate surface area is 208 Å². The van der Waals surface area contributed by atoms with Crippen molar-refractivity contribution >= 4 is 11.8 Å². The molecule has 1 aliphatic rings. The van der Waals surface area contributed by atoms with E-state index in [1.807, 2.05) is 47.5 Å². The number of amides is 2. The van der Waals surface area contributed by atoms with E-state index >= 15 is 0 Å². The van der Waals surface area contributed by atoms with Gasteiger partial charge in [0.1, 0.15) is 5.69 Å². The lowest BCUT2D eigenvalue weighted by Crippen LogP contribution is -2.43. The number of piperidine rings is 1. The summed E-state index contributed by atoms with van der Waals surface area (Å²) in [6, 6.07) is 16.1. The van der Waals surface area contributed by atoms with Gasteiger partial charge in [0.15, 0.2) is 0 Å². The average molecular weight is 473 g/mol. The molecule has 184 valence electrons. The molecule has 0 spiro atoms. The number of carbonyl (C=O) groups is 2. The first-order valence-electron chi connectivity index (χ1n) is 12.8. The van der Waals surface area contributed by atoms with Gasteiger partial charge >= 0.3 is 0 Å². The van der Waals surface area contributed by atoms with Crippen LogP contribution in [0.15, 0.2) is 54.7 Å². The molecule has 6 heteroatoms. The van der Waals surface area contributed by atoms with Crippen molar-refractivity contribution in [3.63, 3.8) is 0 Å². The highest BCUT2D eigenvalue weighted by Crippen LogP contribution is 2.28. The Bertz CT molecular complexity index is 1160. The van der Waals surface area contributed by atoms with Gasteiger partial charge < -0.3 is 10.2 Å². The van der Waals surface area contributed by atoms with Gasteiger partial charge in [0.25, 0.3) is 5.91 Å². The molecule has 1 fully saturated rings. The summed E-state index contributed by atoms with van der Waals surface area (Å²) < 4.78 is 1.79. The first kappa shape index (κ1) is 24.7. The van der Waals surface area contributed by atoms with E-state index in [1.54, 1.807) is 4.68 Å². The molecule has 4 rings (SSSR count). The molecule has 0 atom stereocenters. The second-order valence-corrected chi connectivity index (χ2v) is 9.54. The van der Waals surface area contributed by atoms with E-state index in [0.717, 1.165) is 37.1 Å². The van der Waals surface area contributed by atoms with Crippen molar-refractivity contribution in [2.75, 3.05) is 19.6 Å². The van der Waals surface area contributed by atoms with Gasteiger partial charge in [-0.15, -0.1) is 0 Å². The molecule has 2 aromatic carbocycles. The number of nitrogens with one attached hydrogen (secondary N) is 1. The van der Waals surface area contributed by atoms with Gasteiger partial charge in [-0.3, -0.25) is 9.59 Å². The number of unbranched alkanes of at least 4 members (excludes halogenated alkanes) is 2. The van der Waals surface area contributed by atoms with Crippen LogP contribution in [-0.4, -0.2) is 46.1 Å². The van der Waals surface area contributed by atoms with Crippen molar-refractivity contribution in [3.8, 4) is 16.9 Å². The van der Waals surface area contributed by atoms with E-state index in [-0.39, 0.29) is 17.7 Å². The van der Waals surface area contributed by atoms with E-state index in [9.17, 15) is 9.59 Å². The van der Waals surface area contributed by atoms with Crippen molar-refractivity contribution < 1.29 is 9.59 Å². The molecule has 35 heavy (non-hydrogen) atoms. The molecule has 1 aromatic heterocycles. The molecule has 0 radical (unpaired) electrons. The number of rotatable bonds is 8. The van der Waals surface area contributed by atoms with Crippen LogP contribution < -0.4 is 5.32 Å². The van der Waals surface area contributed by atoms with Crippen LogP contribution in [0.25, 0.3) is 16.9 Å². The molecule has 2 heterocycles. The Hall–Kier alpha value is -3.41. The highest BCUT2D eigenvalue weighted by Gasteiger charge is 2.30. The maximum atomic E-state index is 13.7. The van der Waals surface area contributed by atoms with Crippen LogP contribution in [0.3, 0.4) is 0 Å². The summed E-state index contributed by atoms with van der Waals surface area (Å²) >= 11 is 0. The molecule has 1 saturated heterocycles. The van der Waals surface area contributed by atoms with E-state index in [1.165, 1.54) is 11.1 Å². The van der Waals surface area contributed by atoms with E-state index in [4.69, 9.17) is 5.10 Å². The normalized spacial score (nSPS) is 14.2. The fourth-order valence-corrected chi connectivity index (χ4v) is 4.59. The predicted octanol–water partition coefficient (Wildman–Crippen LogP) is 5.31. The quantitative estimate of drug-likeness (QED) is 0.452. The fourth-order valence-electron chi connectivity index (χ4n) is 4.59. The molecule has 1 N–H and O–H groups in total. The SMILES string of the molecule is CCCCCNC(=O)C1CCN(C(=O)c2cn(-c3ccccc3)nc2-c2ccc(C)c(C)c2)CC1. The number of aryl methyl sites for hydroxylation is 2. The van der Waals surface area contributed by atoms with Crippen molar-refractivity contribution in [2.24, 2.45) is 5.92 Å². The Morgan fingerprint density at radius 1 is 1.00 bits per heavy atom. The van der Waals surface area contributed by atoms with Gasteiger partial charge in [0.05, 0.1) is 11.3 Å². The maximum absolute atomic E-state index is 13.7. The fraction of sp³-hybridized carbons (Fsp3) is 0.414. The molecule has 0 bridgehead atoms. The van der Waals surface area contributed by atoms with Gasteiger partial charge in [-0.2, -0.15) is 5.10 Å². The zero-order valence-corrected chi connectivity index (χ0v) is 21.1. The van der Waals surface area contributed by atoms with Crippen LogP contribution in [0.5, 0.6) is 0 Å². The first-order valence-corrected chi connectivity index (χ1v) is 12.8.